The molecule has 0 fully saturated rings. The van der Waals surface area contributed by atoms with Crippen LogP contribution in [0.15, 0.2) is 0 Å². The van der Waals surface area contributed by atoms with Crippen LogP contribution in [0.2, 0.25) is 0 Å². The maximum atomic E-state index is 11.7. The number of hydrogen-bond donors (Lipinski definition) is 2. The van der Waals surface area contributed by atoms with Gasteiger partial charge in [0.1, 0.15) is 0 Å². The summed E-state index contributed by atoms with van der Waals surface area (Å²) in [5.74, 6) is -0.0366. The Bertz CT molecular complexity index is 342. The first-order chi connectivity index (χ1) is 11.8. The van der Waals surface area contributed by atoms with E-state index in [1.807, 2.05) is 27.7 Å². The van der Waals surface area contributed by atoms with Crippen molar-refractivity contribution >= 4 is 5.91 Å². The fraction of sp³-hybridized carbons (Fsp3) is 0.944. The largest absolute Gasteiger partial charge is 0.391 e. The molecule has 25 heavy (non-hydrogen) atoms. The van der Waals surface area contributed by atoms with Gasteiger partial charge in [-0.05, 0) is 26.7 Å². The van der Waals surface area contributed by atoms with Crippen LogP contribution < -0.4 is 0 Å². The maximum Gasteiger partial charge on any atom is 0.219 e. The fourth-order valence-corrected chi connectivity index (χ4v) is 2.00. The highest BCUT2D eigenvalue weighted by Crippen LogP contribution is 2.02. The van der Waals surface area contributed by atoms with E-state index in [1.165, 1.54) is 6.92 Å². The van der Waals surface area contributed by atoms with Crippen LogP contribution in [-0.2, 0) is 19.0 Å². The van der Waals surface area contributed by atoms with Crippen LogP contribution in [0.25, 0.3) is 0 Å². The predicted octanol–water partition coefficient (Wildman–Crippen LogP) is 1.20. The Morgan fingerprint density at radius 3 is 1.96 bits per heavy atom. The Balaban J connectivity index is 3.98. The van der Waals surface area contributed by atoms with Crippen LogP contribution in [0.5, 0.6) is 0 Å². The van der Waals surface area contributed by atoms with E-state index in [2.05, 4.69) is 0 Å². The van der Waals surface area contributed by atoms with Gasteiger partial charge in [-0.1, -0.05) is 13.8 Å². The summed E-state index contributed by atoms with van der Waals surface area (Å²) >= 11 is 0. The van der Waals surface area contributed by atoms with Gasteiger partial charge in [0.05, 0.1) is 50.8 Å². The normalized spacial score (nSPS) is 16.3. The summed E-state index contributed by atoms with van der Waals surface area (Å²) in [4.78, 5) is 13.4. The number of hydrogen-bond acceptors (Lipinski definition) is 6. The van der Waals surface area contributed by atoms with E-state index in [9.17, 15) is 15.0 Å². The minimum absolute atomic E-state index is 0.0366. The van der Waals surface area contributed by atoms with E-state index in [4.69, 9.17) is 14.2 Å². The summed E-state index contributed by atoms with van der Waals surface area (Å²) in [6, 6.07) is 0. The van der Waals surface area contributed by atoms with Crippen LogP contribution in [-0.4, -0.2) is 85.0 Å². The van der Waals surface area contributed by atoms with Crippen molar-refractivity contribution in [3.05, 3.63) is 0 Å². The molecule has 0 bridgehead atoms. The van der Waals surface area contributed by atoms with Crippen molar-refractivity contribution in [2.45, 2.75) is 71.9 Å². The third-order valence-corrected chi connectivity index (χ3v) is 3.87. The molecule has 0 aromatic carbocycles. The molecular weight excluding hydrogens is 326 g/mol. The molecule has 4 atom stereocenters. The predicted molar refractivity (Wildman–Crippen MR) is 96.5 cm³/mol. The number of aliphatic hydroxyl groups excluding tert-OH is 2. The summed E-state index contributed by atoms with van der Waals surface area (Å²) in [6.07, 6.45) is 0.142. The SMILES string of the molecule is CCC(O)COC(C)COCCN(CC(C)OCC(O)CC)C(C)=O. The highest BCUT2D eigenvalue weighted by Gasteiger charge is 2.15. The second kappa shape index (κ2) is 14.4. The zero-order valence-electron chi connectivity index (χ0n) is 16.4. The van der Waals surface area contributed by atoms with Gasteiger partial charge in [0.25, 0.3) is 0 Å². The molecule has 0 radical (unpaired) electrons. The second-order valence-corrected chi connectivity index (χ2v) is 6.45. The summed E-state index contributed by atoms with van der Waals surface area (Å²) < 4.78 is 16.6. The van der Waals surface area contributed by atoms with E-state index < -0.39 is 12.2 Å². The molecular formula is C18H37NO6. The highest BCUT2D eigenvalue weighted by atomic mass is 16.5. The van der Waals surface area contributed by atoms with E-state index >= 15 is 0 Å². The van der Waals surface area contributed by atoms with Crippen LogP contribution in [0.1, 0.15) is 47.5 Å². The van der Waals surface area contributed by atoms with Crippen molar-refractivity contribution < 1.29 is 29.2 Å². The average Bonchev–Trinajstić information content (AvgIpc) is 2.59. The molecule has 7 nitrogen and oxygen atoms in total. The van der Waals surface area contributed by atoms with Crippen LogP contribution in [0.4, 0.5) is 0 Å². The van der Waals surface area contributed by atoms with Crippen molar-refractivity contribution in [3.8, 4) is 0 Å². The van der Waals surface area contributed by atoms with Crippen LogP contribution >= 0.6 is 0 Å². The lowest BCUT2D eigenvalue weighted by Gasteiger charge is -2.25. The van der Waals surface area contributed by atoms with Crippen molar-refractivity contribution in [3.63, 3.8) is 0 Å². The second-order valence-electron chi connectivity index (χ2n) is 6.45. The molecule has 0 aromatic heterocycles. The van der Waals surface area contributed by atoms with Gasteiger partial charge in [0.15, 0.2) is 0 Å². The van der Waals surface area contributed by atoms with Crippen molar-refractivity contribution in [1.29, 1.82) is 0 Å². The molecule has 0 saturated heterocycles. The molecule has 1 amide bonds. The van der Waals surface area contributed by atoms with Gasteiger partial charge in [0, 0.05) is 20.0 Å². The van der Waals surface area contributed by atoms with E-state index in [-0.39, 0.29) is 24.7 Å². The molecule has 0 heterocycles. The number of carbonyl (C=O) groups is 1. The first-order valence-electron chi connectivity index (χ1n) is 9.22. The average molecular weight is 363 g/mol. The van der Waals surface area contributed by atoms with Gasteiger partial charge in [-0.3, -0.25) is 4.79 Å². The minimum atomic E-state index is -0.468. The Hall–Kier alpha value is -0.730. The molecule has 0 aromatic rings. The van der Waals surface area contributed by atoms with E-state index in [1.54, 1.807) is 4.90 Å². The van der Waals surface area contributed by atoms with Crippen molar-refractivity contribution in [1.82, 2.24) is 4.90 Å². The number of rotatable bonds is 15. The zero-order valence-corrected chi connectivity index (χ0v) is 16.4. The fourth-order valence-electron chi connectivity index (χ4n) is 2.00. The topological polar surface area (TPSA) is 88.5 Å². The first-order valence-corrected chi connectivity index (χ1v) is 9.22. The molecule has 7 heteroatoms. The molecule has 0 saturated carbocycles. The molecule has 2 N–H and O–H groups in total. The summed E-state index contributed by atoms with van der Waals surface area (Å²) in [6.45, 7) is 11.4. The van der Waals surface area contributed by atoms with Gasteiger partial charge < -0.3 is 29.3 Å². The Kier molecular flexibility index (Phi) is 14.0. The quantitative estimate of drug-likeness (QED) is 0.425. The number of amides is 1. The van der Waals surface area contributed by atoms with Gasteiger partial charge in [0.2, 0.25) is 5.91 Å². The first kappa shape index (κ1) is 24.3. The van der Waals surface area contributed by atoms with Crippen LogP contribution in [0.3, 0.4) is 0 Å². The summed E-state index contributed by atoms with van der Waals surface area (Å²) in [7, 11) is 0. The van der Waals surface area contributed by atoms with E-state index in [0.29, 0.717) is 45.8 Å². The summed E-state index contributed by atoms with van der Waals surface area (Å²) in [5, 5.41) is 19.0. The lowest BCUT2D eigenvalue weighted by atomic mass is 10.3. The Morgan fingerprint density at radius 1 is 0.960 bits per heavy atom. The summed E-state index contributed by atoms with van der Waals surface area (Å²) in [5.41, 5.74) is 0. The van der Waals surface area contributed by atoms with Gasteiger partial charge in [-0.25, -0.2) is 0 Å². The Morgan fingerprint density at radius 2 is 1.48 bits per heavy atom. The standard InChI is InChI=1S/C18H37NO6/c1-6-17(21)12-24-14(3)10-19(16(5)20)8-9-23-11-15(4)25-13-18(22)7-2/h14-15,17-18,21-22H,6-13H2,1-5H3. The zero-order chi connectivity index (χ0) is 19.2. The molecule has 0 rings (SSSR count). The molecule has 0 aliphatic heterocycles. The Labute approximate surface area is 152 Å². The number of ether oxygens (including phenoxy) is 3. The van der Waals surface area contributed by atoms with Gasteiger partial charge in [-0.2, -0.15) is 0 Å². The number of aliphatic hydroxyl groups is 2. The van der Waals surface area contributed by atoms with Crippen molar-refractivity contribution in [2.24, 2.45) is 0 Å². The third kappa shape index (κ3) is 13.2. The molecule has 0 aliphatic carbocycles. The maximum absolute atomic E-state index is 11.7. The number of carbonyl (C=O) groups excluding carboxylic acids is 1. The smallest absolute Gasteiger partial charge is 0.219 e. The molecule has 0 spiro atoms. The van der Waals surface area contributed by atoms with Gasteiger partial charge in [-0.15, -0.1) is 0 Å². The third-order valence-electron chi connectivity index (χ3n) is 3.87. The lowest BCUT2D eigenvalue weighted by Crippen LogP contribution is -2.39. The van der Waals surface area contributed by atoms with Crippen molar-refractivity contribution in [2.75, 3.05) is 39.5 Å². The molecule has 4 unspecified atom stereocenters. The van der Waals surface area contributed by atoms with Gasteiger partial charge >= 0.3 is 0 Å². The highest BCUT2D eigenvalue weighted by molar-refractivity contribution is 5.73. The monoisotopic (exact) mass is 363 g/mol. The van der Waals surface area contributed by atoms with E-state index in [0.717, 1.165) is 0 Å². The van der Waals surface area contributed by atoms with Crippen LogP contribution in [0, 0.1) is 0 Å². The molecule has 0 aliphatic rings. The lowest BCUT2D eigenvalue weighted by molar-refractivity contribution is -0.132. The minimum Gasteiger partial charge on any atom is -0.391 e. The molecule has 150 valence electrons. The number of nitrogens with zero attached hydrogens (tertiary/aromatic N) is 1.